The first-order valence-corrected chi connectivity index (χ1v) is 13.2. The lowest BCUT2D eigenvalue weighted by molar-refractivity contribution is -0.146. The first-order chi connectivity index (χ1) is 16.0. The summed E-state index contributed by atoms with van der Waals surface area (Å²) in [5, 5.41) is 12.4. The molecule has 2 unspecified atom stereocenters. The number of aliphatic carboxylic acids is 1. The minimum Gasteiger partial charge on any atom is -0.489 e. The molecule has 1 N–H and O–H groups in total. The number of piperidine rings is 2. The van der Waals surface area contributed by atoms with E-state index in [-0.39, 0.29) is 12.0 Å². The molecule has 3 fully saturated rings. The predicted octanol–water partition coefficient (Wildman–Crippen LogP) is 6.71. The van der Waals surface area contributed by atoms with E-state index in [1.165, 1.54) is 24.8 Å². The van der Waals surface area contributed by atoms with Crippen LogP contribution in [0.15, 0.2) is 30.3 Å². The Morgan fingerprint density at radius 2 is 1.79 bits per heavy atom. The summed E-state index contributed by atoms with van der Waals surface area (Å²) in [5.41, 5.74) is 1.31. The summed E-state index contributed by atoms with van der Waals surface area (Å²) >= 11 is 6.76. The summed E-state index contributed by atoms with van der Waals surface area (Å²) in [6, 6.07) is 11.6. The summed E-state index contributed by atoms with van der Waals surface area (Å²) in [4.78, 5) is 14.1. The SMILES string of the molecule is CC1CCC(Oc2ccc3cc(CCN4C5CCCC4CC(C(=O)O)C5)ccc3c2Cl)CC1. The van der Waals surface area contributed by atoms with E-state index in [0.29, 0.717) is 12.1 Å². The Morgan fingerprint density at radius 1 is 1.06 bits per heavy atom. The molecule has 1 saturated carbocycles. The van der Waals surface area contributed by atoms with Gasteiger partial charge < -0.3 is 9.84 Å². The van der Waals surface area contributed by atoms with Crippen molar-refractivity contribution in [2.75, 3.05) is 6.54 Å². The Kier molecular flexibility index (Phi) is 6.85. The van der Waals surface area contributed by atoms with E-state index in [9.17, 15) is 9.90 Å². The predicted molar refractivity (Wildman–Crippen MR) is 133 cm³/mol. The van der Waals surface area contributed by atoms with Gasteiger partial charge in [-0.1, -0.05) is 49.2 Å². The molecule has 2 aromatic carbocycles. The average Bonchev–Trinajstić information content (AvgIpc) is 2.80. The molecule has 0 aromatic heterocycles. The van der Waals surface area contributed by atoms with Gasteiger partial charge in [0.05, 0.1) is 17.0 Å². The Morgan fingerprint density at radius 3 is 2.48 bits per heavy atom. The fourth-order valence-electron chi connectivity index (χ4n) is 6.40. The van der Waals surface area contributed by atoms with Crippen LogP contribution in [0.5, 0.6) is 5.75 Å². The third kappa shape index (κ3) is 5.02. The second kappa shape index (κ2) is 9.84. The van der Waals surface area contributed by atoms with Gasteiger partial charge in [0.1, 0.15) is 5.75 Å². The molecule has 5 rings (SSSR count). The number of fused-ring (bicyclic) bond motifs is 3. The van der Waals surface area contributed by atoms with Crippen molar-refractivity contribution in [1.82, 2.24) is 4.90 Å². The molecule has 3 aliphatic rings. The van der Waals surface area contributed by atoms with Crippen LogP contribution in [0.1, 0.15) is 70.3 Å². The fraction of sp³-hybridized carbons (Fsp3) is 0.607. The van der Waals surface area contributed by atoms with Crippen LogP contribution >= 0.6 is 11.6 Å². The van der Waals surface area contributed by atoms with Gasteiger partial charge in [-0.2, -0.15) is 0 Å². The molecule has 2 aliphatic heterocycles. The average molecular weight is 470 g/mol. The van der Waals surface area contributed by atoms with Gasteiger partial charge in [-0.25, -0.2) is 0 Å². The molecule has 0 spiro atoms. The molecular weight excluding hydrogens is 434 g/mol. The molecule has 2 bridgehead atoms. The maximum atomic E-state index is 11.5. The highest BCUT2D eigenvalue weighted by atomic mass is 35.5. The third-order valence-electron chi connectivity index (χ3n) is 8.37. The number of rotatable bonds is 6. The topological polar surface area (TPSA) is 49.8 Å². The van der Waals surface area contributed by atoms with E-state index in [1.807, 2.05) is 6.07 Å². The van der Waals surface area contributed by atoms with Crippen molar-refractivity contribution in [2.45, 2.75) is 89.3 Å². The Balaban J connectivity index is 1.25. The monoisotopic (exact) mass is 469 g/mol. The number of hydrogen-bond acceptors (Lipinski definition) is 3. The van der Waals surface area contributed by atoms with Crippen molar-refractivity contribution in [3.05, 3.63) is 40.9 Å². The zero-order valence-electron chi connectivity index (χ0n) is 19.6. The largest absolute Gasteiger partial charge is 0.489 e. The van der Waals surface area contributed by atoms with Crippen LogP contribution in [0.25, 0.3) is 10.8 Å². The van der Waals surface area contributed by atoms with Gasteiger partial charge in [-0.15, -0.1) is 0 Å². The van der Waals surface area contributed by atoms with Crippen molar-refractivity contribution in [3.63, 3.8) is 0 Å². The van der Waals surface area contributed by atoms with E-state index < -0.39 is 5.97 Å². The van der Waals surface area contributed by atoms with Crippen LogP contribution in [0.4, 0.5) is 0 Å². The first-order valence-electron chi connectivity index (χ1n) is 12.8. The van der Waals surface area contributed by atoms with Gasteiger partial charge in [-0.05, 0) is 80.7 Å². The Hall–Kier alpha value is -1.78. The second-order valence-electron chi connectivity index (χ2n) is 10.7. The molecule has 0 amide bonds. The molecule has 0 radical (unpaired) electrons. The third-order valence-corrected chi connectivity index (χ3v) is 8.76. The quantitative estimate of drug-likeness (QED) is 0.510. The van der Waals surface area contributed by atoms with E-state index in [1.54, 1.807) is 0 Å². The summed E-state index contributed by atoms with van der Waals surface area (Å²) in [6.07, 6.45) is 11.1. The van der Waals surface area contributed by atoms with E-state index in [0.717, 1.165) is 79.0 Å². The number of benzene rings is 2. The van der Waals surface area contributed by atoms with Crippen molar-refractivity contribution in [1.29, 1.82) is 0 Å². The van der Waals surface area contributed by atoms with Crippen molar-refractivity contribution in [2.24, 2.45) is 11.8 Å². The zero-order valence-corrected chi connectivity index (χ0v) is 20.4. The summed E-state index contributed by atoms with van der Waals surface area (Å²) in [6.45, 7) is 3.32. The number of halogens is 1. The van der Waals surface area contributed by atoms with Gasteiger partial charge >= 0.3 is 5.97 Å². The maximum Gasteiger partial charge on any atom is 0.306 e. The summed E-state index contributed by atoms with van der Waals surface area (Å²) in [5.74, 6) is 0.844. The van der Waals surface area contributed by atoms with E-state index >= 15 is 0 Å². The van der Waals surface area contributed by atoms with Gasteiger partial charge in [0, 0.05) is 24.0 Å². The van der Waals surface area contributed by atoms with Gasteiger partial charge in [0.2, 0.25) is 0 Å². The molecule has 2 saturated heterocycles. The van der Waals surface area contributed by atoms with Crippen molar-refractivity contribution in [3.8, 4) is 5.75 Å². The van der Waals surface area contributed by atoms with E-state index in [2.05, 4.69) is 36.1 Å². The van der Waals surface area contributed by atoms with Gasteiger partial charge in [0.15, 0.2) is 0 Å². The molecule has 2 atom stereocenters. The lowest BCUT2D eigenvalue weighted by Gasteiger charge is -2.48. The number of hydrogen-bond donors (Lipinski definition) is 1. The van der Waals surface area contributed by atoms with Crippen LogP contribution in [0.2, 0.25) is 5.02 Å². The molecular formula is C28H36ClNO3. The highest BCUT2D eigenvalue weighted by Crippen LogP contribution is 2.38. The first kappa shape index (κ1) is 23.0. The number of carboxylic acids is 1. The number of ether oxygens (including phenoxy) is 1. The number of carboxylic acid groups (broad SMARTS) is 1. The molecule has 4 nitrogen and oxygen atoms in total. The molecule has 1 aliphatic carbocycles. The lowest BCUT2D eigenvalue weighted by atomic mass is 9.78. The number of nitrogens with zero attached hydrogens (tertiary/aromatic N) is 1. The van der Waals surface area contributed by atoms with Gasteiger partial charge in [0.25, 0.3) is 0 Å². The number of carbonyl (C=O) groups is 1. The minimum absolute atomic E-state index is 0.159. The molecule has 2 aromatic rings. The Bertz CT molecular complexity index is 986. The van der Waals surface area contributed by atoms with Crippen LogP contribution in [0.3, 0.4) is 0 Å². The van der Waals surface area contributed by atoms with Crippen LogP contribution in [-0.4, -0.2) is 40.7 Å². The minimum atomic E-state index is -0.612. The molecule has 5 heteroatoms. The smallest absolute Gasteiger partial charge is 0.306 e. The van der Waals surface area contributed by atoms with Gasteiger partial charge in [-0.3, -0.25) is 9.69 Å². The van der Waals surface area contributed by atoms with Crippen LogP contribution in [0, 0.1) is 11.8 Å². The lowest BCUT2D eigenvalue weighted by Crippen LogP contribution is -2.53. The maximum absolute atomic E-state index is 11.5. The van der Waals surface area contributed by atoms with E-state index in [4.69, 9.17) is 16.3 Å². The second-order valence-corrected chi connectivity index (χ2v) is 11.0. The van der Waals surface area contributed by atoms with Crippen molar-refractivity contribution < 1.29 is 14.6 Å². The molecule has 33 heavy (non-hydrogen) atoms. The normalized spacial score (nSPS) is 30.3. The fourth-order valence-corrected chi connectivity index (χ4v) is 6.68. The van der Waals surface area contributed by atoms with Crippen molar-refractivity contribution >= 4 is 28.3 Å². The standard InChI is InChI=1S/C28H36ClNO3/c1-18-5-9-24(10-6-18)33-26-12-8-20-15-19(7-11-25(20)27(26)29)13-14-30-22-3-2-4-23(30)17-21(16-22)28(31)32/h7-8,11-12,15,18,21-24H,2-6,9-10,13-14,16-17H2,1H3,(H,31,32). The summed E-state index contributed by atoms with van der Waals surface area (Å²) in [7, 11) is 0. The molecule has 178 valence electrons. The Labute approximate surface area is 202 Å². The highest BCUT2D eigenvalue weighted by Gasteiger charge is 2.40. The van der Waals surface area contributed by atoms with Crippen LogP contribution < -0.4 is 4.74 Å². The molecule has 2 heterocycles. The highest BCUT2D eigenvalue weighted by molar-refractivity contribution is 6.37. The summed E-state index contributed by atoms with van der Waals surface area (Å²) < 4.78 is 6.29. The van der Waals surface area contributed by atoms with Crippen LogP contribution in [-0.2, 0) is 11.2 Å². The zero-order chi connectivity index (χ0) is 22.9.